The number of carbonyl (C=O) groups is 3. The van der Waals surface area contributed by atoms with Crippen LogP contribution in [-0.4, -0.2) is 45.9 Å². The Labute approximate surface area is 237 Å². The minimum absolute atomic E-state index is 0.0146. The van der Waals surface area contributed by atoms with E-state index in [2.05, 4.69) is 15.2 Å². The molecule has 2 amide bonds. The van der Waals surface area contributed by atoms with Gasteiger partial charge in [-0.15, -0.1) is 21.5 Å². The number of thiazole rings is 1. The lowest BCUT2D eigenvalue weighted by Gasteiger charge is -2.12. The second-order valence-electron chi connectivity index (χ2n) is 9.17. The standard InChI is InChI=1S/C27H22N4O8S2/c1-15-2-10-21-25(26(15)41(36,37)38)28-27(40-21)17-5-7-18(8-6-17)29-30-19-14-16(3-9-20(19)32)4-13-24(35)39-31-22(33)11-12-23(31)34/h2-3,5-10,14,32H,4,11-13H2,1H3,(H,36,37,38). The first kappa shape index (κ1) is 28.0. The molecular formula is C27H22N4O8S2. The first-order valence-corrected chi connectivity index (χ1v) is 14.5. The van der Waals surface area contributed by atoms with E-state index in [0.717, 1.165) is 0 Å². The Morgan fingerprint density at radius 2 is 1.76 bits per heavy atom. The van der Waals surface area contributed by atoms with Gasteiger partial charge in [0.2, 0.25) is 0 Å². The Morgan fingerprint density at radius 1 is 1.05 bits per heavy atom. The first-order chi connectivity index (χ1) is 19.5. The number of fused-ring (bicyclic) bond motifs is 1. The van der Waals surface area contributed by atoms with Crippen molar-refractivity contribution in [3.63, 3.8) is 0 Å². The third-order valence-corrected chi connectivity index (χ3v) is 8.31. The minimum Gasteiger partial charge on any atom is -0.506 e. The molecule has 1 aliphatic rings. The van der Waals surface area contributed by atoms with Gasteiger partial charge in [-0.25, -0.2) is 9.78 Å². The van der Waals surface area contributed by atoms with Crippen LogP contribution in [0.15, 0.2) is 69.7 Å². The van der Waals surface area contributed by atoms with Gasteiger partial charge in [0.05, 0.1) is 16.8 Å². The molecule has 41 heavy (non-hydrogen) atoms. The van der Waals surface area contributed by atoms with Crippen LogP contribution in [0.25, 0.3) is 20.8 Å². The highest BCUT2D eigenvalue weighted by atomic mass is 32.2. The second-order valence-corrected chi connectivity index (χ2v) is 11.6. The number of azo groups is 1. The number of aromatic nitrogens is 1. The molecule has 5 rings (SSSR count). The van der Waals surface area contributed by atoms with Gasteiger partial charge in [0.15, 0.2) is 0 Å². The van der Waals surface area contributed by atoms with Gasteiger partial charge in [0.1, 0.15) is 26.9 Å². The molecule has 0 radical (unpaired) electrons. The number of phenols is 1. The summed E-state index contributed by atoms with van der Waals surface area (Å²) in [6.07, 6.45) is 0.145. The number of phenolic OH excluding ortho intramolecular Hbond substituents is 1. The molecule has 0 bridgehead atoms. The number of imide groups is 1. The third kappa shape index (κ3) is 6.14. The SMILES string of the molecule is Cc1ccc2sc(-c3ccc(N=Nc4cc(CCC(=O)ON5C(=O)CCC5=O)ccc4O)cc3)nc2c1S(=O)(=O)O. The van der Waals surface area contributed by atoms with Crippen LogP contribution in [0.5, 0.6) is 5.75 Å². The van der Waals surface area contributed by atoms with E-state index in [1.807, 2.05) is 0 Å². The number of nitrogens with zero attached hydrogens (tertiary/aromatic N) is 4. The number of rotatable bonds is 8. The Balaban J connectivity index is 1.27. The number of amides is 2. The number of carbonyl (C=O) groups excluding carboxylic acids is 3. The third-order valence-electron chi connectivity index (χ3n) is 6.21. The number of hydrogen-bond acceptors (Lipinski definition) is 11. The molecule has 1 saturated heterocycles. The van der Waals surface area contributed by atoms with Gasteiger partial charge >= 0.3 is 5.97 Å². The molecule has 3 aromatic carbocycles. The number of aromatic hydroxyl groups is 1. The normalized spacial score (nSPS) is 14.0. The molecule has 14 heteroatoms. The van der Waals surface area contributed by atoms with Crippen molar-refractivity contribution in [3.05, 3.63) is 65.7 Å². The van der Waals surface area contributed by atoms with E-state index in [4.69, 9.17) is 4.84 Å². The van der Waals surface area contributed by atoms with E-state index in [9.17, 15) is 32.5 Å². The molecule has 4 aromatic rings. The quantitative estimate of drug-likeness (QED) is 0.158. The zero-order chi connectivity index (χ0) is 29.3. The largest absolute Gasteiger partial charge is 0.506 e. The summed E-state index contributed by atoms with van der Waals surface area (Å²) in [4.78, 5) is 44.4. The summed E-state index contributed by atoms with van der Waals surface area (Å²) in [7, 11) is -4.45. The molecule has 2 heterocycles. The fourth-order valence-electron chi connectivity index (χ4n) is 4.16. The Hall–Kier alpha value is -4.53. The number of hydrogen-bond donors (Lipinski definition) is 2. The van der Waals surface area contributed by atoms with Crippen molar-refractivity contribution in [1.29, 1.82) is 0 Å². The zero-order valence-electron chi connectivity index (χ0n) is 21.5. The predicted molar refractivity (Wildman–Crippen MR) is 147 cm³/mol. The van der Waals surface area contributed by atoms with Crippen molar-refractivity contribution in [3.8, 4) is 16.3 Å². The number of benzene rings is 3. The Morgan fingerprint density at radius 3 is 2.44 bits per heavy atom. The lowest BCUT2D eigenvalue weighted by atomic mass is 10.1. The van der Waals surface area contributed by atoms with Gasteiger partial charge in [-0.05, 0) is 66.9 Å². The van der Waals surface area contributed by atoms with E-state index < -0.39 is 27.9 Å². The Bertz CT molecular complexity index is 1820. The summed E-state index contributed by atoms with van der Waals surface area (Å²) in [5.41, 5.74) is 2.60. The highest BCUT2D eigenvalue weighted by molar-refractivity contribution is 7.86. The van der Waals surface area contributed by atoms with Crippen LogP contribution in [0.2, 0.25) is 0 Å². The highest BCUT2D eigenvalue weighted by Crippen LogP contribution is 2.36. The summed E-state index contributed by atoms with van der Waals surface area (Å²) in [5, 5.41) is 19.5. The van der Waals surface area contributed by atoms with E-state index in [-0.39, 0.29) is 47.5 Å². The first-order valence-electron chi connectivity index (χ1n) is 12.3. The minimum atomic E-state index is -4.45. The van der Waals surface area contributed by atoms with Gasteiger partial charge < -0.3 is 9.94 Å². The van der Waals surface area contributed by atoms with E-state index in [1.54, 1.807) is 55.5 Å². The lowest BCUT2D eigenvalue weighted by molar-refractivity contribution is -0.197. The van der Waals surface area contributed by atoms with Gasteiger partial charge in [0, 0.05) is 18.4 Å². The zero-order valence-corrected chi connectivity index (χ0v) is 23.1. The van der Waals surface area contributed by atoms with Gasteiger partial charge in [-0.1, -0.05) is 12.1 Å². The van der Waals surface area contributed by atoms with E-state index >= 15 is 0 Å². The van der Waals surface area contributed by atoms with Crippen molar-refractivity contribution < 1.29 is 37.3 Å². The van der Waals surface area contributed by atoms with Crippen LogP contribution in [0.3, 0.4) is 0 Å². The Kier molecular flexibility index (Phi) is 7.62. The van der Waals surface area contributed by atoms with Crippen LogP contribution in [0.4, 0.5) is 11.4 Å². The molecule has 1 aliphatic heterocycles. The summed E-state index contributed by atoms with van der Waals surface area (Å²) in [6.45, 7) is 1.59. The van der Waals surface area contributed by atoms with Crippen molar-refractivity contribution in [2.45, 2.75) is 37.5 Å². The summed E-state index contributed by atoms with van der Waals surface area (Å²) in [5.74, 6) is -1.96. The van der Waals surface area contributed by atoms with Crippen LogP contribution in [0, 0.1) is 6.92 Å². The van der Waals surface area contributed by atoms with E-state index in [0.29, 0.717) is 37.1 Å². The maximum atomic E-state index is 12.1. The fourth-order valence-corrected chi connectivity index (χ4v) is 6.08. The molecule has 0 aliphatic carbocycles. The smallest absolute Gasteiger partial charge is 0.333 e. The molecule has 0 unspecified atom stereocenters. The molecule has 12 nitrogen and oxygen atoms in total. The summed E-state index contributed by atoms with van der Waals surface area (Å²) >= 11 is 1.28. The van der Waals surface area contributed by atoms with Crippen molar-refractivity contribution in [2.75, 3.05) is 0 Å². The number of aryl methyl sites for hydroxylation is 2. The molecule has 0 atom stereocenters. The molecule has 2 N–H and O–H groups in total. The van der Waals surface area contributed by atoms with Crippen molar-refractivity contribution in [1.82, 2.24) is 10.0 Å². The maximum Gasteiger partial charge on any atom is 0.333 e. The van der Waals surface area contributed by atoms with Crippen molar-refractivity contribution in [2.24, 2.45) is 10.2 Å². The second kappa shape index (κ2) is 11.2. The molecule has 210 valence electrons. The lowest BCUT2D eigenvalue weighted by Crippen LogP contribution is -2.32. The summed E-state index contributed by atoms with van der Waals surface area (Å²) in [6, 6.07) is 14.8. The van der Waals surface area contributed by atoms with Crippen LogP contribution in [-0.2, 0) is 35.8 Å². The fraction of sp³-hybridized carbons (Fsp3) is 0.185. The highest BCUT2D eigenvalue weighted by Gasteiger charge is 2.32. The molecular weight excluding hydrogens is 572 g/mol. The monoisotopic (exact) mass is 594 g/mol. The van der Waals surface area contributed by atoms with Gasteiger partial charge in [0.25, 0.3) is 21.9 Å². The van der Waals surface area contributed by atoms with Crippen LogP contribution < -0.4 is 0 Å². The summed E-state index contributed by atoms with van der Waals surface area (Å²) < 4.78 is 34.0. The average Bonchev–Trinajstić information content (AvgIpc) is 3.49. The molecule has 0 spiro atoms. The van der Waals surface area contributed by atoms with Crippen LogP contribution >= 0.6 is 11.3 Å². The van der Waals surface area contributed by atoms with Gasteiger partial charge in [-0.3, -0.25) is 14.1 Å². The number of hydroxylamine groups is 2. The van der Waals surface area contributed by atoms with Crippen LogP contribution in [0.1, 0.15) is 30.4 Å². The molecule has 1 aromatic heterocycles. The molecule has 0 saturated carbocycles. The predicted octanol–water partition coefficient (Wildman–Crippen LogP) is 5.18. The average molecular weight is 595 g/mol. The van der Waals surface area contributed by atoms with Gasteiger partial charge in [-0.2, -0.15) is 13.5 Å². The molecule has 1 fully saturated rings. The maximum absolute atomic E-state index is 12.1. The van der Waals surface area contributed by atoms with E-state index in [1.165, 1.54) is 17.4 Å². The topological polar surface area (TPSA) is 176 Å². The van der Waals surface area contributed by atoms with Crippen molar-refractivity contribution >= 4 is 60.8 Å².